The standard InChI is InChI=1S/C16H26N2O2/c1-5-18(15-10-7-6-8-11-15)16(19)14(2)17(3)12-9-13-20-4/h6-8,10-11,14H,5,9,12-13H2,1-4H3. The summed E-state index contributed by atoms with van der Waals surface area (Å²) < 4.78 is 5.05. The minimum Gasteiger partial charge on any atom is -0.385 e. The van der Waals surface area contributed by atoms with Gasteiger partial charge in [0.25, 0.3) is 0 Å². The summed E-state index contributed by atoms with van der Waals surface area (Å²) >= 11 is 0. The summed E-state index contributed by atoms with van der Waals surface area (Å²) in [4.78, 5) is 16.5. The highest BCUT2D eigenvalue weighted by Crippen LogP contribution is 2.15. The number of para-hydroxylation sites is 1. The van der Waals surface area contributed by atoms with Crippen molar-refractivity contribution < 1.29 is 9.53 Å². The fourth-order valence-corrected chi connectivity index (χ4v) is 2.14. The highest BCUT2D eigenvalue weighted by molar-refractivity contribution is 5.96. The number of likely N-dealkylation sites (N-methyl/N-ethyl adjacent to an activating group) is 2. The van der Waals surface area contributed by atoms with Gasteiger partial charge in [0.1, 0.15) is 0 Å². The van der Waals surface area contributed by atoms with E-state index in [1.165, 1.54) is 0 Å². The third kappa shape index (κ3) is 4.62. The van der Waals surface area contributed by atoms with Crippen molar-refractivity contribution in [3.05, 3.63) is 30.3 Å². The molecule has 0 saturated heterocycles. The highest BCUT2D eigenvalue weighted by atomic mass is 16.5. The van der Waals surface area contributed by atoms with E-state index in [0.717, 1.165) is 25.3 Å². The number of rotatable bonds is 8. The third-order valence-corrected chi connectivity index (χ3v) is 3.53. The fourth-order valence-electron chi connectivity index (χ4n) is 2.14. The molecule has 1 atom stereocenters. The third-order valence-electron chi connectivity index (χ3n) is 3.53. The molecule has 0 radical (unpaired) electrons. The van der Waals surface area contributed by atoms with Gasteiger partial charge in [0, 0.05) is 32.5 Å². The van der Waals surface area contributed by atoms with Crippen molar-refractivity contribution in [3.8, 4) is 0 Å². The monoisotopic (exact) mass is 278 g/mol. The first-order valence-electron chi connectivity index (χ1n) is 7.17. The lowest BCUT2D eigenvalue weighted by molar-refractivity contribution is -0.122. The van der Waals surface area contributed by atoms with Crippen LogP contribution in [0.15, 0.2) is 30.3 Å². The zero-order valence-corrected chi connectivity index (χ0v) is 13.0. The number of carbonyl (C=O) groups excluding carboxylic acids is 1. The van der Waals surface area contributed by atoms with Gasteiger partial charge >= 0.3 is 0 Å². The zero-order chi connectivity index (χ0) is 15.0. The maximum absolute atomic E-state index is 12.6. The lowest BCUT2D eigenvalue weighted by Gasteiger charge is -2.29. The fraction of sp³-hybridized carbons (Fsp3) is 0.562. The molecule has 1 aromatic carbocycles. The maximum atomic E-state index is 12.6. The van der Waals surface area contributed by atoms with E-state index in [-0.39, 0.29) is 11.9 Å². The van der Waals surface area contributed by atoms with Gasteiger partial charge in [0.2, 0.25) is 5.91 Å². The normalized spacial score (nSPS) is 12.4. The number of carbonyl (C=O) groups is 1. The molecule has 0 aliphatic rings. The number of amides is 1. The second-order valence-electron chi connectivity index (χ2n) is 4.92. The number of anilines is 1. The van der Waals surface area contributed by atoms with Gasteiger partial charge in [-0.2, -0.15) is 0 Å². The molecular formula is C16H26N2O2. The van der Waals surface area contributed by atoms with E-state index in [4.69, 9.17) is 4.74 Å². The average molecular weight is 278 g/mol. The van der Waals surface area contributed by atoms with Gasteiger partial charge in [-0.15, -0.1) is 0 Å². The molecule has 0 aliphatic heterocycles. The maximum Gasteiger partial charge on any atom is 0.244 e. The van der Waals surface area contributed by atoms with Gasteiger partial charge < -0.3 is 9.64 Å². The van der Waals surface area contributed by atoms with E-state index in [0.29, 0.717) is 6.54 Å². The Balaban J connectivity index is 2.66. The molecule has 1 amide bonds. The van der Waals surface area contributed by atoms with E-state index in [1.807, 2.05) is 56.1 Å². The lowest BCUT2D eigenvalue weighted by atomic mass is 10.2. The molecule has 1 unspecified atom stereocenters. The van der Waals surface area contributed by atoms with Gasteiger partial charge in [-0.25, -0.2) is 0 Å². The van der Waals surface area contributed by atoms with Gasteiger partial charge in [-0.1, -0.05) is 18.2 Å². The zero-order valence-electron chi connectivity index (χ0n) is 13.0. The van der Waals surface area contributed by atoms with Crippen LogP contribution in [0.25, 0.3) is 0 Å². The van der Waals surface area contributed by atoms with E-state index < -0.39 is 0 Å². The number of benzene rings is 1. The van der Waals surface area contributed by atoms with Crippen LogP contribution in [-0.4, -0.2) is 50.7 Å². The minimum absolute atomic E-state index is 0.132. The van der Waals surface area contributed by atoms with E-state index in [9.17, 15) is 4.79 Å². The topological polar surface area (TPSA) is 32.8 Å². The molecule has 4 heteroatoms. The molecule has 0 aliphatic carbocycles. The SMILES string of the molecule is CCN(C(=O)C(C)N(C)CCCOC)c1ccccc1. The molecular weight excluding hydrogens is 252 g/mol. The molecule has 0 fully saturated rings. The van der Waals surface area contributed by atoms with Crippen molar-refractivity contribution >= 4 is 11.6 Å². The number of nitrogens with zero attached hydrogens (tertiary/aromatic N) is 2. The van der Waals surface area contributed by atoms with Crippen LogP contribution in [-0.2, 0) is 9.53 Å². The summed E-state index contributed by atoms with van der Waals surface area (Å²) in [6.45, 7) is 6.22. The molecule has 0 spiro atoms. The molecule has 0 heterocycles. The van der Waals surface area contributed by atoms with Crippen LogP contribution in [0.3, 0.4) is 0 Å². The average Bonchev–Trinajstić information content (AvgIpc) is 2.48. The van der Waals surface area contributed by atoms with Crippen molar-refractivity contribution in [2.75, 3.05) is 38.8 Å². The molecule has 112 valence electrons. The minimum atomic E-state index is -0.132. The highest BCUT2D eigenvalue weighted by Gasteiger charge is 2.23. The van der Waals surface area contributed by atoms with Gasteiger partial charge in [-0.05, 0) is 39.4 Å². The van der Waals surface area contributed by atoms with Crippen LogP contribution >= 0.6 is 0 Å². The van der Waals surface area contributed by atoms with E-state index in [1.54, 1.807) is 7.11 Å². The van der Waals surface area contributed by atoms with Gasteiger partial charge in [0.15, 0.2) is 0 Å². The predicted octanol–water partition coefficient (Wildman–Crippen LogP) is 2.40. The molecule has 0 N–H and O–H groups in total. The predicted molar refractivity (Wildman–Crippen MR) is 83.1 cm³/mol. The Morgan fingerprint density at radius 1 is 1.30 bits per heavy atom. The summed E-state index contributed by atoms with van der Waals surface area (Å²) in [5.74, 6) is 0.138. The first kappa shape index (κ1) is 16.7. The molecule has 20 heavy (non-hydrogen) atoms. The second kappa shape index (κ2) is 8.72. The molecule has 0 bridgehead atoms. The first-order chi connectivity index (χ1) is 9.61. The van der Waals surface area contributed by atoms with Crippen LogP contribution < -0.4 is 4.90 Å². The Hall–Kier alpha value is -1.39. The Labute approximate surface area is 122 Å². The van der Waals surface area contributed by atoms with Crippen molar-refractivity contribution in [2.24, 2.45) is 0 Å². The Bertz CT molecular complexity index is 395. The molecule has 4 nitrogen and oxygen atoms in total. The van der Waals surface area contributed by atoms with Crippen LogP contribution in [0.4, 0.5) is 5.69 Å². The second-order valence-corrected chi connectivity index (χ2v) is 4.92. The molecule has 1 rings (SSSR count). The summed E-state index contributed by atoms with van der Waals surface area (Å²) in [5.41, 5.74) is 0.956. The molecule has 0 aromatic heterocycles. The Kier molecular flexibility index (Phi) is 7.26. The lowest BCUT2D eigenvalue weighted by Crippen LogP contribution is -2.46. The summed E-state index contributed by atoms with van der Waals surface area (Å²) in [7, 11) is 3.68. The Morgan fingerprint density at radius 3 is 2.50 bits per heavy atom. The van der Waals surface area contributed by atoms with Crippen molar-refractivity contribution in [1.82, 2.24) is 4.90 Å². The largest absolute Gasteiger partial charge is 0.385 e. The summed E-state index contributed by atoms with van der Waals surface area (Å²) in [6.07, 6.45) is 0.933. The first-order valence-corrected chi connectivity index (χ1v) is 7.17. The van der Waals surface area contributed by atoms with Gasteiger partial charge in [-0.3, -0.25) is 9.69 Å². The van der Waals surface area contributed by atoms with Gasteiger partial charge in [0.05, 0.1) is 6.04 Å². The van der Waals surface area contributed by atoms with Crippen molar-refractivity contribution in [1.29, 1.82) is 0 Å². The number of hydrogen-bond acceptors (Lipinski definition) is 3. The van der Waals surface area contributed by atoms with Crippen molar-refractivity contribution in [3.63, 3.8) is 0 Å². The van der Waals surface area contributed by atoms with Crippen LogP contribution in [0.5, 0.6) is 0 Å². The van der Waals surface area contributed by atoms with Crippen LogP contribution in [0.1, 0.15) is 20.3 Å². The number of ether oxygens (including phenoxy) is 1. The smallest absolute Gasteiger partial charge is 0.244 e. The van der Waals surface area contributed by atoms with Crippen LogP contribution in [0, 0.1) is 0 Å². The number of hydrogen-bond donors (Lipinski definition) is 0. The summed E-state index contributed by atoms with van der Waals surface area (Å²) in [6, 6.07) is 9.68. The Morgan fingerprint density at radius 2 is 1.95 bits per heavy atom. The summed E-state index contributed by atoms with van der Waals surface area (Å²) in [5, 5.41) is 0. The van der Waals surface area contributed by atoms with E-state index >= 15 is 0 Å². The van der Waals surface area contributed by atoms with Crippen LogP contribution in [0.2, 0.25) is 0 Å². The molecule has 0 saturated carbocycles. The number of methoxy groups -OCH3 is 1. The van der Waals surface area contributed by atoms with Crippen molar-refractivity contribution in [2.45, 2.75) is 26.3 Å². The molecule has 1 aromatic rings. The quantitative estimate of drug-likeness (QED) is 0.685. The van der Waals surface area contributed by atoms with E-state index in [2.05, 4.69) is 4.90 Å².